The summed E-state index contributed by atoms with van der Waals surface area (Å²) in [4.78, 5) is 0. The van der Waals surface area contributed by atoms with Gasteiger partial charge in [0.1, 0.15) is 23.5 Å². The van der Waals surface area contributed by atoms with Crippen molar-refractivity contribution in [2.75, 3.05) is 5.32 Å². The first-order chi connectivity index (χ1) is 8.97. The number of nitriles is 2. The van der Waals surface area contributed by atoms with Crippen LogP contribution >= 0.6 is 15.9 Å². The molecule has 0 atom stereocenters. The van der Waals surface area contributed by atoms with Crippen LogP contribution in [0.15, 0.2) is 28.4 Å². The third-order valence-electron chi connectivity index (χ3n) is 1.83. The van der Waals surface area contributed by atoms with E-state index in [1.54, 1.807) is 12.1 Å². The number of anilines is 1. The molecule has 0 radical (unpaired) electrons. The molecule has 4 nitrogen and oxygen atoms in total. The van der Waals surface area contributed by atoms with Crippen LogP contribution in [0.4, 0.5) is 18.9 Å². The number of nitrogens with one attached hydrogen (secondary N) is 1. The SMILES string of the molecule is N#CC(C#N)=CNc1cc(F)cc(Br)c1OC(F)F. The number of halogens is 4. The highest BCUT2D eigenvalue weighted by molar-refractivity contribution is 9.10. The smallest absolute Gasteiger partial charge is 0.387 e. The first-order valence-electron chi connectivity index (χ1n) is 4.68. The molecule has 0 unspecified atom stereocenters. The van der Waals surface area contributed by atoms with Gasteiger partial charge in [0, 0.05) is 12.3 Å². The number of hydrogen-bond donors (Lipinski definition) is 1. The summed E-state index contributed by atoms with van der Waals surface area (Å²) in [6.07, 6.45) is 0.958. The molecule has 0 bridgehead atoms. The number of benzene rings is 1. The fourth-order valence-electron chi connectivity index (χ4n) is 1.12. The molecule has 0 fully saturated rings. The second-order valence-electron chi connectivity index (χ2n) is 3.07. The number of hydrogen-bond acceptors (Lipinski definition) is 4. The molecule has 0 saturated carbocycles. The van der Waals surface area contributed by atoms with Crippen LogP contribution in [0.2, 0.25) is 0 Å². The van der Waals surface area contributed by atoms with Gasteiger partial charge in [-0.3, -0.25) is 0 Å². The Morgan fingerprint density at radius 2 is 2.00 bits per heavy atom. The molecule has 1 aromatic carbocycles. The van der Waals surface area contributed by atoms with E-state index in [9.17, 15) is 13.2 Å². The molecule has 0 spiro atoms. The fourth-order valence-corrected chi connectivity index (χ4v) is 1.64. The fraction of sp³-hybridized carbons (Fsp3) is 0.0909. The normalized spacial score (nSPS) is 9.42. The first kappa shape index (κ1) is 14.9. The maximum atomic E-state index is 13.2. The average molecular weight is 332 g/mol. The van der Waals surface area contributed by atoms with Crippen molar-refractivity contribution in [1.29, 1.82) is 10.5 Å². The van der Waals surface area contributed by atoms with Gasteiger partial charge in [-0.2, -0.15) is 19.3 Å². The van der Waals surface area contributed by atoms with Gasteiger partial charge in [-0.05, 0) is 22.0 Å². The van der Waals surface area contributed by atoms with Crippen LogP contribution in [0, 0.1) is 28.5 Å². The minimum Gasteiger partial charge on any atom is -0.431 e. The van der Waals surface area contributed by atoms with Gasteiger partial charge >= 0.3 is 6.61 Å². The van der Waals surface area contributed by atoms with Gasteiger partial charge in [-0.25, -0.2) is 4.39 Å². The van der Waals surface area contributed by atoms with Gasteiger partial charge in [-0.15, -0.1) is 0 Å². The van der Waals surface area contributed by atoms with Crippen molar-refractivity contribution in [1.82, 2.24) is 0 Å². The van der Waals surface area contributed by atoms with E-state index >= 15 is 0 Å². The van der Waals surface area contributed by atoms with Crippen LogP contribution in [0.25, 0.3) is 0 Å². The third-order valence-corrected chi connectivity index (χ3v) is 2.42. The highest BCUT2D eigenvalue weighted by atomic mass is 79.9. The van der Waals surface area contributed by atoms with Crippen molar-refractivity contribution in [2.24, 2.45) is 0 Å². The van der Waals surface area contributed by atoms with E-state index in [0.717, 1.165) is 18.3 Å². The van der Waals surface area contributed by atoms with Crippen molar-refractivity contribution in [2.45, 2.75) is 6.61 Å². The topological polar surface area (TPSA) is 68.8 Å². The highest BCUT2D eigenvalue weighted by Gasteiger charge is 2.15. The third kappa shape index (κ3) is 4.19. The molecule has 0 heterocycles. The zero-order chi connectivity index (χ0) is 14.4. The van der Waals surface area contributed by atoms with E-state index in [2.05, 4.69) is 26.0 Å². The van der Waals surface area contributed by atoms with Crippen molar-refractivity contribution >= 4 is 21.6 Å². The zero-order valence-electron chi connectivity index (χ0n) is 9.12. The van der Waals surface area contributed by atoms with Gasteiger partial charge in [0.05, 0.1) is 10.2 Å². The Morgan fingerprint density at radius 3 is 2.53 bits per heavy atom. The Kier molecular flexibility index (Phi) is 5.22. The Morgan fingerprint density at radius 1 is 1.37 bits per heavy atom. The van der Waals surface area contributed by atoms with E-state index in [1.165, 1.54) is 0 Å². The zero-order valence-corrected chi connectivity index (χ0v) is 10.7. The second kappa shape index (κ2) is 6.66. The standard InChI is InChI=1S/C11H5BrF3N3O/c12-8-1-7(13)2-9(10(8)19-11(14)15)18-5-6(3-16)4-17/h1-2,5,11,18H. The van der Waals surface area contributed by atoms with Crippen molar-refractivity contribution in [3.63, 3.8) is 0 Å². The maximum Gasteiger partial charge on any atom is 0.387 e. The first-order valence-corrected chi connectivity index (χ1v) is 5.48. The lowest BCUT2D eigenvalue weighted by molar-refractivity contribution is -0.0498. The van der Waals surface area contributed by atoms with E-state index in [0.29, 0.717) is 0 Å². The van der Waals surface area contributed by atoms with E-state index in [-0.39, 0.29) is 21.5 Å². The molecule has 19 heavy (non-hydrogen) atoms. The number of alkyl halides is 2. The van der Waals surface area contributed by atoms with Crippen molar-refractivity contribution in [3.05, 3.63) is 34.2 Å². The summed E-state index contributed by atoms with van der Waals surface area (Å²) in [5, 5.41) is 19.4. The molecular weight excluding hydrogens is 327 g/mol. The molecule has 1 N–H and O–H groups in total. The Bertz CT molecular complexity index is 574. The largest absolute Gasteiger partial charge is 0.431 e. The summed E-state index contributed by atoms with van der Waals surface area (Å²) in [5.41, 5.74) is -0.446. The maximum absolute atomic E-state index is 13.2. The molecular formula is C11H5BrF3N3O. The van der Waals surface area contributed by atoms with Gasteiger partial charge < -0.3 is 10.1 Å². The predicted octanol–water partition coefficient (Wildman–Crippen LogP) is 3.53. The van der Waals surface area contributed by atoms with E-state index in [4.69, 9.17) is 10.5 Å². The van der Waals surface area contributed by atoms with Gasteiger partial charge in [0.2, 0.25) is 0 Å². The van der Waals surface area contributed by atoms with Gasteiger partial charge in [0.25, 0.3) is 0 Å². The Balaban J connectivity index is 3.15. The predicted molar refractivity (Wildman–Crippen MR) is 63.7 cm³/mol. The molecule has 0 aliphatic carbocycles. The number of rotatable bonds is 4. The number of ether oxygens (including phenoxy) is 1. The summed E-state index contributed by atoms with van der Waals surface area (Å²) in [6.45, 7) is -3.10. The molecule has 1 aromatic rings. The lowest BCUT2D eigenvalue weighted by Crippen LogP contribution is -2.05. The van der Waals surface area contributed by atoms with Gasteiger partial charge in [0.15, 0.2) is 5.75 Å². The summed E-state index contributed by atoms with van der Waals surface area (Å²) < 4.78 is 41.8. The van der Waals surface area contributed by atoms with Crippen LogP contribution in [0.3, 0.4) is 0 Å². The molecule has 0 aromatic heterocycles. The molecule has 1 rings (SSSR count). The minimum absolute atomic E-state index is 0.0286. The second-order valence-corrected chi connectivity index (χ2v) is 3.92. The summed E-state index contributed by atoms with van der Waals surface area (Å²) in [6, 6.07) is 4.95. The quantitative estimate of drug-likeness (QED) is 0.857. The van der Waals surface area contributed by atoms with Crippen molar-refractivity contribution in [3.8, 4) is 17.9 Å². The minimum atomic E-state index is -3.10. The molecule has 0 amide bonds. The Hall–Kier alpha value is -2.19. The average Bonchev–Trinajstić information content (AvgIpc) is 2.34. The summed E-state index contributed by atoms with van der Waals surface area (Å²) >= 11 is 2.88. The Labute approximate surface area is 114 Å². The van der Waals surface area contributed by atoms with Gasteiger partial charge in [-0.1, -0.05) is 0 Å². The van der Waals surface area contributed by atoms with Crippen LogP contribution in [0.1, 0.15) is 0 Å². The molecule has 0 aliphatic rings. The lowest BCUT2D eigenvalue weighted by Gasteiger charge is -2.12. The molecule has 0 aliphatic heterocycles. The monoisotopic (exact) mass is 331 g/mol. The number of allylic oxidation sites excluding steroid dienone is 1. The van der Waals surface area contributed by atoms with Crippen LogP contribution in [-0.2, 0) is 0 Å². The highest BCUT2D eigenvalue weighted by Crippen LogP contribution is 2.35. The van der Waals surface area contributed by atoms with Crippen molar-refractivity contribution < 1.29 is 17.9 Å². The van der Waals surface area contributed by atoms with E-state index in [1.807, 2.05) is 0 Å². The van der Waals surface area contributed by atoms with E-state index < -0.39 is 12.4 Å². The van der Waals surface area contributed by atoms with Crippen LogP contribution in [-0.4, -0.2) is 6.61 Å². The molecule has 98 valence electrons. The molecule has 0 saturated heterocycles. The van der Waals surface area contributed by atoms with Crippen LogP contribution < -0.4 is 10.1 Å². The number of nitrogens with zero attached hydrogens (tertiary/aromatic N) is 2. The summed E-state index contributed by atoms with van der Waals surface area (Å²) in [5.74, 6) is -1.04. The van der Waals surface area contributed by atoms with Crippen LogP contribution in [0.5, 0.6) is 5.75 Å². The lowest BCUT2D eigenvalue weighted by atomic mass is 10.2. The summed E-state index contributed by atoms with van der Waals surface area (Å²) in [7, 11) is 0. The molecule has 8 heteroatoms.